The lowest BCUT2D eigenvalue weighted by atomic mass is 10.3. The number of hydrogen-bond donors (Lipinski definition) is 1. The fourth-order valence-corrected chi connectivity index (χ4v) is 1.80. The first-order valence-corrected chi connectivity index (χ1v) is 3.60. The quantitative estimate of drug-likeness (QED) is 0.515. The molecular formula is C5H9NS. The van der Waals surface area contributed by atoms with Gasteiger partial charge in [-0.3, -0.25) is 0 Å². The summed E-state index contributed by atoms with van der Waals surface area (Å²) >= 11 is 1.90. The van der Waals surface area contributed by atoms with E-state index in [-0.39, 0.29) is 0 Å². The van der Waals surface area contributed by atoms with E-state index >= 15 is 0 Å². The van der Waals surface area contributed by atoms with Gasteiger partial charge >= 0.3 is 0 Å². The van der Waals surface area contributed by atoms with Gasteiger partial charge in [-0.25, -0.2) is 0 Å². The minimum Gasteiger partial charge on any atom is -0.312 e. The van der Waals surface area contributed by atoms with Crippen LogP contribution in [0.15, 0.2) is 0 Å². The Kier molecular flexibility index (Phi) is 1.74. The van der Waals surface area contributed by atoms with E-state index in [0.29, 0.717) is 5.25 Å². The third-order valence-electron chi connectivity index (χ3n) is 1.15. The van der Waals surface area contributed by atoms with Crippen LogP contribution in [0.25, 0.3) is 0 Å². The topological polar surface area (TPSA) is 23.9 Å². The summed E-state index contributed by atoms with van der Waals surface area (Å²) in [5.74, 6) is 1.26. The summed E-state index contributed by atoms with van der Waals surface area (Å²) in [5, 5.41) is 7.41. The maximum absolute atomic E-state index is 6.85. The van der Waals surface area contributed by atoms with Gasteiger partial charge in [0.1, 0.15) is 0 Å². The molecule has 0 aromatic rings. The molecule has 0 aromatic carbocycles. The third-order valence-corrected chi connectivity index (χ3v) is 2.48. The summed E-state index contributed by atoms with van der Waals surface area (Å²) in [6.45, 7) is 0. The lowest BCUT2D eigenvalue weighted by Crippen LogP contribution is -1.94. The van der Waals surface area contributed by atoms with Crippen molar-refractivity contribution in [1.29, 1.82) is 5.41 Å². The second kappa shape index (κ2) is 2.36. The summed E-state index contributed by atoms with van der Waals surface area (Å²) in [5.41, 5.74) is 0. The molecule has 1 atom stereocenters. The maximum Gasteiger partial charge on any atom is 0.0394 e. The summed E-state index contributed by atoms with van der Waals surface area (Å²) in [6, 6.07) is 0. The molecule has 1 nitrogen and oxygen atoms in total. The Morgan fingerprint density at radius 2 is 2.57 bits per heavy atom. The molecule has 0 saturated carbocycles. The van der Waals surface area contributed by atoms with Crippen molar-refractivity contribution in [2.45, 2.75) is 18.1 Å². The fourth-order valence-electron chi connectivity index (χ4n) is 0.734. The first-order valence-electron chi connectivity index (χ1n) is 2.55. The van der Waals surface area contributed by atoms with Gasteiger partial charge in [-0.2, -0.15) is 11.8 Å². The van der Waals surface area contributed by atoms with Gasteiger partial charge in [-0.05, 0) is 18.6 Å². The highest BCUT2D eigenvalue weighted by Crippen LogP contribution is 2.23. The molecule has 7 heavy (non-hydrogen) atoms. The minimum absolute atomic E-state index is 0.556. The van der Waals surface area contributed by atoms with Crippen molar-refractivity contribution in [2.75, 3.05) is 5.75 Å². The Morgan fingerprint density at radius 1 is 1.71 bits per heavy atom. The zero-order valence-electron chi connectivity index (χ0n) is 4.18. The standard InChI is InChI=1S/C5H9NS/c6-4-5-2-1-3-7-5/h4-6H,1-3H2. The Hall–Kier alpha value is 0.0200. The Morgan fingerprint density at radius 3 is 2.86 bits per heavy atom. The van der Waals surface area contributed by atoms with Crippen LogP contribution >= 0.6 is 11.8 Å². The van der Waals surface area contributed by atoms with Crippen molar-refractivity contribution in [3.63, 3.8) is 0 Å². The van der Waals surface area contributed by atoms with Gasteiger partial charge in [0, 0.05) is 11.5 Å². The van der Waals surface area contributed by atoms with Gasteiger partial charge in [0.15, 0.2) is 0 Å². The van der Waals surface area contributed by atoms with Crippen molar-refractivity contribution in [1.82, 2.24) is 0 Å². The molecule has 0 amide bonds. The van der Waals surface area contributed by atoms with Crippen LogP contribution in [0.4, 0.5) is 0 Å². The van der Waals surface area contributed by atoms with Crippen molar-refractivity contribution < 1.29 is 0 Å². The van der Waals surface area contributed by atoms with Crippen molar-refractivity contribution >= 4 is 18.0 Å². The monoisotopic (exact) mass is 115 g/mol. The zero-order valence-corrected chi connectivity index (χ0v) is 5.00. The molecule has 1 heterocycles. The molecule has 1 fully saturated rings. The minimum atomic E-state index is 0.556. The van der Waals surface area contributed by atoms with Gasteiger partial charge in [0.2, 0.25) is 0 Å². The zero-order chi connectivity index (χ0) is 5.11. The number of thioether (sulfide) groups is 1. The van der Waals surface area contributed by atoms with Crippen LogP contribution < -0.4 is 0 Å². The van der Waals surface area contributed by atoms with E-state index in [9.17, 15) is 0 Å². The Balaban J connectivity index is 2.26. The average molecular weight is 115 g/mol. The second-order valence-electron chi connectivity index (χ2n) is 1.72. The summed E-state index contributed by atoms with van der Waals surface area (Å²) < 4.78 is 0. The van der Waals surface area contributed by atoms with Gasteiger partial charge in [-0.15, -0.1) is 0 Å². The molecule has 1 aliphatic heterocycles. The highest BCUT2D eigenvalue weighted by atomic mass is 32.2. The third kappa shape index (κ3) is 1.20. The number of rotatable bonds is 1. The lowest BCUT2D eigenvalue weighted by molar-refractivity contribution is 0.906. The van der Waals surface area contributed by atoms with Crippen LogP contribution in [0, 0.1) is 5.41 Å². The maximum atomic E-state index is 6.85. The van der Waals surface area contributed by atoms with Crippen LogP contribution in [-0.4, -0.2) is 17.2 Å². The molecule has 1 aliphatic rings. The molecule has 0 bridgehead atoms. The van der Waals surface area contributed by atoms with Gasteiger partial charge in [0.05, 0.1) is 0 Å². The normalized spacial score (nSPS) is 30.6. The van der Waals surface area contributed by atoms with Crippen molar-refractivity contribution in [2.24, 2.45) is 0 Å². The van der Waals surface area contributed by atoms with Crippen LogP contribution in [0.3, 0.4) is 0 Å². The predicted molar refractivity (Wildman–Crippen MR) is 34.3 cm³/mol. The van der Waals surface area contributed by atoms with Gasteiger partial charge in [0.25, 0.3) is 0 Å². The molecule has 0 radical (unpaired) electrons. The number of hydrogen-bond acceptors (Lipinski definition) is 2. The summed E-state index contributed by atoms with van der Waals surface area (Å²) in [6.07, 6.45) is 4.09. The average Bonchev–Trinajstić information content (AvgIpc) is 2.14. The van der Waals surface area contributed by atoms with E-state index in [1.54, 1.807) is 6.21 Å². The molecule has 1 saturated heterocycles. The lowest BCUT2D eigenvalue weighted by Gasteiger charge is -1.92. The van der Waals surface area contributed by atoms with Gasteiger partial charge in [-0.1, -0.05) is 0 Å². The Labute approximate surface area is 48.0 Å². The van der Waals surface area contributed by atoms with Crippen LogP contribution in [0.5, 0.6) is 0 Å². The molecule has 0 aromatic heterocycles. The van der Waals surface area contributed by atoms with E-state index in [0.717, 1.165) is 0 Å². The number of nitrogens with one attached hydrogen (secondary N) is 1. The van der Waals surface area contributed by atoms with E-state index in [1.807, 2.05) is 11.8 Å². The highest BCUT2D eigenvalue weighted by Gasteiger charge is 2.10. The molecule has 0 spiro atoms. The predicted octanol–water partition coefficient (Wildman–Crippen LogP) is 1.53. The van der Waals surface area contributed by atoms with Gasteiger partial charge < -0.3 is 5.41 Å². The smallest absolute Gasteiger partial charge is 0.0394 e. The largest absolute Gasteiger partial charge is 0.312 e. The van der Waals surface area contributed by atoms with Crippen molar-refractivity contribution in [3.05, 3.63) is 0 Å². The van der Waals surface area contributed by atoms with Crippen LogP contribution in [-0.2, 0) is 0 Å². The van der Waals surface area contributed by atoms with E-state index in [1.165, 1.54) is 18.6 Å². The van der Waals surface area contributed by atoms with E-state index < -0.39 is 0 Å². The van der Waals surface area contributed by atoms with Crippen LogP contribution in [0.1, 0.15) is 12.8 Å². The summed E-state index contributed by atoms with van der Waals surface area (Å²) in [4.78, 5) is 0. The first-order chi connectivity index (χ1) is 3.43. The highest BCUT2D eigenvalue weighted by molar-refractivity contribution is 8.00. The van der Waals surface area contributed by atoms with E-state index in [4.69, 9.17) is 5.41 Å². The van der Waals surface area contributed by atoms with Crippen molar-refractivity contribution in [3.8, 4) is 0 Å². The molecule has 0 aliphatic carbocycles. The first kappa shape index (κ1) is 5.16. The Bertz CT molecular complexity index is 66.5. The fraction of sp³-hybridized carbons (Fsp3) is 0.800. The molecular weight excluding hydrogens is 106 g/mol. The SMILES string of the molecule is N=CC1CCCS1. The second-order valence-corrected chi connectivity index (χ2v) is 3.07. The van der Waals surface area contributed by atoms with Crippen LogP contribution in [0.2, 0.25) is 0 Å². The summed E-state index contributed by atoms with van der Waals surface area (Å²) in [7, 11) is 0. The molecule has 2 heteroatoms. The molecule has 1 rings (SSSR count). The molecule has 40 valence electrons. The van der Waals surface area contributed by atoms with E-state index in [2.05, 4.69) is 0 Å². The molecule has 1 unspecified atom stereocenters. The molecule has 1 N–H and O–H groups in total.